The highest BCUT2D eigenvalue weighted by Gasteiger charge is 2.32. The molecule has 1 atom stereocenters. The van der Waals surface area contributed by atoms with Gasteiger partial charge in [0.25, 0.3) is 0 Å². The standard InChI is InChI=1S/C9H15N5O3/c1-3-9(2,7(15)16)13-8(17)10-4-6-11-5-12-14-6/h5H,3-4H2,1-2H3,(H,15,16)(H2,10,13,17)(H,11,12,14). The molecule has 1 aromatic rings. The number of nitrogens with zero attached hydrogens (tertiary/aromatic N) is 2. The molecule has 1 aromatic heterocycles. The van der Waals surface area contributed by atoms with E-state index in [4.69, 9.17) is 5.11 Å². The predicted molar refractivity (Wildman–Crippen MR) is 58.1 cm³/mol. The van der Waals surface area contributed by atoms with Gasteiger partial charge in [0, 0.05) is 0 Å². The van der Waals surface area contributed by atoms with E-state index in [0.717, 1.165) is 0 Å². The molecule has 0 saturated heterocycles. The molecule has 8 nitrogen and oxygen atoms in total. The number of amides is 2. The van der Waals surface area contributed by atoms with Gasteiger partial charge in [-0.05, 0) is 13.3 Å². The van der Waals surface area contributed by atoms with E-state index in [1.807, 2.05) is 0 Å². The number of carbonyl (C=O) groups is 2. The van der Waals surface area contributed by atoms with Crippen LogP contribution in [0.3, 0.4) is 0 Å². The van der Waals surface area contributed by atoms with Gasteiger partial charge in [0.2, 0.25) is 0 Å². The Morgan fingerprint density at radius 3 is 2.76 bits per heavy atom. The fourth-order valence-electron chi connectivity index (χ4n) is 1.07. The molecule has 2 amide bonds. The van der Waals surface area contributed by atoms with Gasteiger partial charge >= 0.3 is 12.0 Å². The van der Waals surface area contributed by atoms with Crippen LogP contribution in [0.1, 0.15) is 26.1 Å². The van der Waals surface area contributed by atoms with E-state index < -0.39 is 17.5 Å². The van der Waals surface area contributed by atoms with Crippen LogP contribution < -0.4 is 10.6 Å². The average molecular weight is 241 g/mol. The third-order valence-corrected chi connectivity index (χ3v) is 2.45. The van der Waals surface area contributed by atoms with E-state index in [9.17, 15) is 9.59 Å². The molecule has 0 aromatic carbocycles. The maximum absolute atomic E-state index is 11.5. The van der Waals surface area contributed by atoms with Crippen LogP contribution in [0.25, 0.3) is 0 Å². The Labute approximate surface area is 97.8 Å². The lowest BCUT2D eigenvalue weighted by Gasteiger charge is -2.24. The van der Waals surface area contributed by atoms with Gasteiger partial charge in [0.05, 0.1) is 6.54 Å². The van der Waals surface area contributed by atoms with Gasteiger partial charge in [-0.3, -0.25) is 5.10 Å². The molecule has 17 heavy (non-hydrogen) atoms. The Hall–Kier alpha value is -2.12. The highest BCUT2D eigenvalue weighted by molar-refractivity contribution is 5.85. The predicted octanol–water partition coefficient (Wildman–Crippen LogP) is -0.143. The Kier molecular flexibility index (Phi) is 4.02. The van der Waals surface area contributed by atoms with Crippen molar-refractivity contribution in [3.05, 3.63) is 12.2 Å². The second-order valence-electron chi connectivity index (χ2n) is 3.73. The minimum atomic E-state index is -1.27. The Balaban J connectivity index is 2.46. The van der Waals surface area contributed by atoms with Crippen LogP contribution in [0, 0.1) is 0 Å². The van der Waals surface area contributed by atoms with Crippen LogP contribution in [0.4, 0.5) is 4.79 Å². The first kappa shape index (κ1) is 12.9. The van der Waals surface area contributed by atoms with Crippen molar-refractivity contribution in [3.8, 4) is 0 Å². The van der Waals surface area contributed by atoms with Crippen LogP contribution in [-0.2, 0) is 11.3 Å². The highest BCUT2D eigenvalue weighted by Crippen LogP contribution is 2.08. The Morgan fingerprint density at radius 1 is 1.59 bits per heavy atom. The number of carboxylic acid groups (broad SMARTS) is 1. The number of aromatic nitrogens is 3. The molecule has 1 rings (SSSR count). The van der Waals surface area contributed by atoms with Crippen molar-refractivity contribution in [2.24, 2.45) is 0 Å². The molecule has 0 aliphatic rings. The second-order valence-corrected chi connectivity index (χ2v) is 3.73. The van der Waals surface area contributed by atoms with Crippen LogP contribution in [0.2, 0.25) is 0 Å². The summed E-state index contributed by atoms with van der Waals surface area (Å²) < 4.78 is 0. The highest BCUT2D eigenvalue weighted by atomic mass is 16.4. The van der Waals surface area contributed by atoms with Crippen molar-refractivity contribution in [2.75, 3.05) is 0 Å². The number of nitrogens with one attached hydrogen (secondary N) is 3. The smallest absolute Gasteiger partial charge is 0.329 e. The van der Waals surface area contributed by atoms with Gasteiger partial charge < -0.3 is 15.7 Å². The van der Waals surface area contributed by atoms with Crippen molar-refractivity contribution in [1.29, 1.82) is 0 Å². The first-order chi connectivity index (χ1) is 7.98. The molecule has 4 N–H and O–H groups in total. The fraction of sp³-hybridized carbons (Fsp3) is 0.556. The lowest BCUT2D eigenvalue weighted by molar-refractivity contribution is -0.143. The molecule has 0 aliphatic carbocycles. The van der Waals surface area contributed by atoms with Crippen molar-refractivity contribution in [1.82, 2.24) is 25.8 Å². The molecule has 0 radical (unpaired) electrons. The summed E-state index contributed by atoms with van der Waals surface area (Å²) in [5.41, 5.74) is -1.27. The van der Waals surface area contributed by atoms with Crippen molar-refractivity contribution in [2.45, 2.75) is 32.4 Å². The second kappa shape index (κ2) is 5.28. The van der Waals surface area contributed by atoms with E-state index in [0.29, 0.717) is 5.82 Å². The number of aromatic amines is 1. The summed E-state index contributed by atoms with van der Waals surface area (Å²) in [6, 6.07) is -0.562. The summed E-state index contributed by atoms with van der Waals surface area (Å²) in [6.07, 6.45) is 1.61. The van der Waals surface area contributed by atoms with Gasteiger partial charge in [0.15, 0.2) is 0 Å². The summed E-state index contributed by atoms with van der Waals surface area (Å²) in [4.78, 5) is 26.2. The number of carbonyl (C=O) groups excluding carboxylic acids is 1. The summed E-state index contributed by atoms with van der Waals surface area (Å²) in [7, 11) is 0. The third-order valence-electron chi connectivity index (χ3n) is 2.45. The zero-order chi connectivity index (χ0) is 12.9. The minimum Gasteiger partial charge on any atom is -0.480 e. The van der Waals surface area contributed by atoms with Crippen molar-refractivity contribution < 1.29 is 14.7 Å². The van der Waals surface area contributed by atoms with Crippen LogP contribution in [0.5, 0.6) is 0 Å². The van der Waals surface area contributed by atoms with Gasteiger partial charge in [-0.25, -0.2) is 14.6 Å². The summed E-state index contributed by atoms with van der Waals surface area (Å²) >= 11 is 0. The number of rotatable bonds is 5. The van der Waals surface area contributed by atoms with Gasteiger partial charge in [-0.2, -0.15) is 5.10 Å². The van der Waals surface area contributed by atoms with E-state index >= 15 is 0 Å². The number of hydrogen-bond acceptors (Lipinski definition) is 4. The third kappa shape index (κ3) is 3.44. The topological polar surface area (TPSA) is 120 Å². The average Bonchev–Trinajstić information content (AvgIpc) is 2.78. The van der Waals surface area contributed by atoms with E-state index in [1.54, 1.807) is 6.92 Å². The molecule has 8 heteroatoms. The lowest BCUT2D eigenvalue weighted by atomic mass is 10.00. The molecular formula is C9H15N5O3. The molecule has 1 heterocycles. The minimum absolute atomic E-state index is 0.158. The largest absolute Gasteiger partial charge is 0.480 e. The molecule has 0 fully saturated rings. The normalized spacial score (nSPS) is 13.8. The quantitative estimate of drug-likeness (QED) is 0.571. The number of aliphatic carboxylic acids is 1. The van der Waals surface area contributed by atoms with E-state index in [2.05, 4.69) is 25.8 Å². The molecule has 0 bridgehead atoms. The van der Waals surface area contributed by atoms with Gasteiger partial charge in [-0.15, -0.1) is 0 Å². The molecule has 0 aliphatic heterocycles. The van der Waals surface area contributed by atoms with E-state index in [1.165, 1.54) is 13.3 Å². The number of H-pyrrole nitrogens is 1. The number of hydrogen-bond donors (Lipinski definition) is 4. The molecule has 0 spiro atoms. The first-order valence-corrected chi connectivity index (χ1v) is 5.11. The SMILES string of the molecule is CCC(C)(NC(=O)NCc1ncn[nH]1)C(=O)O. The number of urea groups is 1. The Bertz CT molecular complexity index is 391. The van der Waals surface area contributed by atoms with Gasteiger partial charge in [0.1, 0.15) is 17.7 Å². The van der Waals surface area contributed by atoms with Crippen molar-refractivity contribution >= 4 is 12.0 Å². The van der Waals surface area contributed by atoms with Crippen LogP contribution in [0.15, 0.2) is 6.33 Å². The lowest BCUT2D eigenvalue weighted by Crippen LogP contribution is -2.54. The van der Waals surface area contributed by atoms with E-state index in [-0.39, 0.29) is 13.0 Å². The zero-order valence-electron chi connectivity index (χ0n) is 9.65. The van der Waals surface area contributed by atoms with Crippen LogP contribution >= 0.6 is 0 Å². The van der Waals surface area contributed by atoms with Crippen molar-refractivity contribution in [3.63, 3.8) is 0 Å². The molecule has 94 valence electrons. The number of carboxylic acids is 1. The maximum Gasteiger partial charge on any atom is 0.329 e. The summed E-state index contributed by atoms with van der Waals surface area (Å²) in [5, 5.41) is 20.0. The zero-order valence-corrected chi connectivity index (χ0v) is 9.65. The fourth-order valence-corrected chi connectivity index (χ4v) is 1.07. The molecular weight excluding hydrogens is 226 g/mol. The maximum atomic E-state index is 11.5. The first-order valence-electron chi connectivity index (χ1n) is 5.11. The Morgan fingerprint density at radius 2 is 2.29 bits per heavy atom. The molecule has 0 saturated carbocycles. The monoisotopic (exact) mass is 241 g/mol. The van der Waals surface area contributed by atoms with Crippen LogP contribution in [-0.4, -0.2) is 37.8 Å². The summed E-state index contributed by atoms with van der Waals surface area (Å²) in [5.74, 6) is -0.580. The van der Waals surface area contributed by atoms with Gasteiger partial charge in [-0.1, -0.05) is 6.92 Å². The summed E-state index contributed by atoms with van der Waals surface area (Å²) in [6.45, 7) is 3.29. The molecule has 1 unspecified atom stereocenters.